The van der Waals surface area contributed by atoms with Crippen molar-refractivity contribution in [2.45, 2.75) is 58.9 Å². The molecule has 0 saturated heterocycles. The van der Waals surface area contributed by atoms with Crippen LogP contribution in [0.4, 0.5) is 5.69 Å². The summed E-state index contributed by atoms with van der Waals surface area (Å²) in [7, 11) is 0. The van der Waals surface area contributed by atoms with Gasteiger partial charge in [0.2, 0.25) is 0 Å². The molecule has 0 aromatic heterocycles. The highest BCUT2D eigenvalue weighted by atomic mass is 15.1. The minimum absolute atomic E-state index is 0.478. The number of allylic oxidation sites excluding steroid dienone is 2. The maximum Gasteiger partial charge on any atom is 0.0342 e. The Kier molecular flexibility index (Phi) is 8.89. The number of rotatable bonds is 11. The third-order valence-corrected chi connectivity index (χ3v) is 3.98. The molecule has 2 heteroatoms. The van der Waals surface area contributed by atoms with Crippen LogP contribution in [-0.2, 0) is 0 Å². The van der Waals surface area contributed by atoms with Crippen LogP contribution in [0.1, 0.15) is 51.5 Å². The van der Waals surface area contributed by atoms with Crippen LogP contribution in [0.2, 0.25) is 0 Å². The van der Waals surface area contributed by atoms with Crippen molar-refractivity contribution in [2.75, 3.05) is 5.32 Å². The van der Waals surface area contributed by atoms with Crippen molar-refractivity contribution < 1.29 is 0 Å². The molecule has 1 aromatic carbocycles. The monoisotopic (exact) mass is 312 g/mol. The Balaban J connectivity index is 2.61. The fourth-order valence-electron chi connectivity index (χ4n) is 2.55. The van der Waals surface area contributed by atoms with Gasteiger partial charge in [0, 0.05) is 29.8 Å². The second-order valence-electron chi connectivity index (χ2n) is 6.03. The van der Waals surface area contributed by atoms with Crippen LogP contribution in [0.25, 0.3) is 0 Å². The van der Waals surface area contributed by atoms with Crippen LogP contribution in [-0.4, -0.2) is 10.9 Å². The van der Waals surface area contributed by atoms with Gasteiger partial charge in [0.05, 0.1) is 0 Å². The molecule has 1 aromatic rings. The minimum atomic E-state index is 0.478. The van der Waals surface area contributed by atoms with Gasteiger partial charge in [-0.05, 0) is 45.2 Å². The molecule has 1 N–H and O–H groups in total. The van der Waals surface area contributed by atoms with Crippen molar-refractivity contribution in [2.24, 2.45) is 0 Å². The second kappa shape index (κ2) is 10.7. The van der Waals surface area contributed by atoms with Gasteiger partial charge in [-0.1, -0.05) is 56.7 Å². The predicted octanol–water partition coefficient (Wildman–Crippen LogP) is 6.24. The lowest BCUT2D eigenvalue weighted by molar-refractivity contribution is 0.524. The average molecular weight is 313 g/mol. The maximum absolute atomic E-state index is 4.19. The topological polar surface area (TPSA) is 15.3 Å². The molecule has 0 fully saturated rings. The SMILES string of the molecule is C=CN(/C=C\C)C(=C)CCC(CCCC)Nc1ccc(C)cc1. The summed E-state index contributed by atoms with van der Waals surface area (Å²) in [6.45, 7) is 14.4. The first kappa shape index (κ1) is 19.1. The van der Waals surface area contributed by atoms with Gasteiger partial charge in [-0.25, -0.2) is 0 Å². The maximum atomic E-state index is 4.19. The Hall–Kier alpha value is -1.96. The number of hydrogen-bond donors (Lipinski definition) is 1. The fraction of sp³-hybridized carbons (Fsp3) is 0.429. The number of unbranched alkanes of at least 4 members (excludes halogenated alkanes) is 1. The normalized spacial score (nSPS) is 12.1. The van der Waals surface area contributed by atoms with Gasteiger partial charge in [0.1, 0.15) is 0 Å². The molecule has 1 unspecified atom stereocenters. The first-order chi connectivity index (χ1) is 11.1. The van der Waals surface area contributed by atoms with E-state index in [2.05, 4.69) is 56.6 Å². The average Bonchev–Trinajstić information content (AvgIpc) is 2.56. The first-order valence-corrected chi connectivity index (χ1v) is 8.65. The highest BCUT2D eigenvalue weighted by Gasteiger charge is 2.10. The highest BCUT2D eigenvalue weighted by Crippen LogP contribution is 2.19. The number of nitrogens with one attached hydrogen (secondary N) is 1. The molecule has 0 amide bonds. The quantitative estimate of drug-likeness (QED) is 0.520. The molecule has 126 valence electrons. The molecule has 0 aliphatic carbocycles. The number of anilines is 1. The standard InChI is InChI=1S/C21H32N2/c1-6-9-10-20(22-21-14-11-18(4)12-15-21)16-13-19(5)23(8-3)17-7-2/h7-8,11-12,14-15,17,20,22H,3,5-6,9-10,13,16H2,1-2,4H3/b17-7-. The zero-order chi connectivity index (χ0) is 17.1. The van der Waals surface area contributed by atoms with E-state index in [0.717, 1.165) is 18.5 Å². The van der Waals surface area contributed by atoms with Crippen LogP contribution < -0.4 is 5.32 Å². The van der Waals surface area contributed by atoms with E-state index in [4.69, 9.17) is 0 Å². The molecule has 0 spiro atoms. The van der Waals surface area contributed by atoms with E-state index in [-0.39, 0.29) is 0 Å². The van der Waals surface area contributed by atoms with E-state index in [9.17, 15) is 0 Å². The van der Waals surface area contributed by atoms with Crippen molar-refractivity contribution in [3.8, 4) is 0 Å². The van der Waals surface area contributed by atoms with E-state index in [1.807, 2.05) is 30.3 Å². The fourth-order valence-corrected chi connectivity index (χ4v) is 2.55. The van der Waals surface area contributed by atoms with Crippen molar-refractivity contribution in [3.63, 3.8) is 0 Å². The Morgan fingerprint density at radius 2 is 1.96 bits per heavy atom. The van der Waals surface area contributed by atoms with Crippen LogP contribution in [0.5, 0.6) is 0 Å². The summed E-state index contributed by atoms with van der Waals surface area (Å²) < 4.78 is 0. The summed E-state index contributed by atoms with van der Waals surface area (Å²) in [6.07, 6.45) is 11.5. The summed E-state index contributed by atoms with van der Waals surface area (Å²) in [4.78, 5) is 2.00. The smallest absolute Gasteiger partial charge is 0.0342 e. The molecule has 2 nitrogen and oxygen atoms in total. The third-order valence-electron chi connectivity index (χ3n) is 3.98. The largest absolute Gasteiger partial charge is 0.382 e. The molecule has 0 aliphatic heterocycles. The van der Waals surface area contributed by atoms with Gasteiger partial charge >= 0.3 is 0 Å². The molecular formula is C21H32N2. The summed E-state index contributed by atoms with van der Waals surface area (Å²) in [5, 5.41) is 3.68. The lowest BCUT2D eigenvalue weighted by atomic mass is 10.0. The summed E-state index contributed by atoms with van der Waals surface area (Å²) in [6, 6.07) is 9.12. The van der Waals surface area contributed by atoms with Crippen LogP contribution in [0.3, 0.4) is 0 Å². The van der Waals surface area contributed by atoms with Gasteiger partial charge in [-0.3, -0.25) is 0 Å². The van der Waals surface area contributed by atoms with Crippen molar-refractivity contribution in [1.29, 1.82) is 0 Å². The van der Waals surface area contributed by atoms with Crippen LogP contribution >= 0.6 is 0 Å². The molecule has 0 radical (unpaired) electrons. The summed E-state index contributed by atoms with van der Waals surface area (Å²) in [5.41, 5.74) is 3.59. The molecule has 0 heterocycles. The minimum Gasteiger partial charge on any atom is -0.382 e. The molecule has 0 saturated carbocycles. The lowest BCUT2D eigenvalue weighted by Crippen LogP contribution is -2.21. The number of nitrogens with zero attached hydrogens (tertiary/aromatic N) is 1. The Morgan fingerprint density at radius 1 is 1.26 bits per heavy atom. The van der Waals surface area contributed by atoms with Crippen molar-refractivity contribution in [3.05, 3.63) is 67.2 Å². The van der Waals surface area contributed by atoms with E-state index in [0.29, 0.717) is 6.04 Å². The van der Waals surface area contributed by atoms with Gasteiger partial charge in [-0.2, -0.15) is 0 Å². The molecule has 23 heavy (non-hydrogen) atoms. The van der Waals surface area contributed by atoms with E-state index in [1.165, 1.54) is 30.5 Å². The summed E-state index contributed by atoms with van der Waals surface area (Å²) in [5.74, 6) is 0. The Bertz CT molecular complexity index is 499. The molecule has 1 atom stereocenters. The van der Waals surface area contributed by atoms with E-state index < -0.39 is 0 Å². The first-order valence-electron chi connectivity index (χ1n) is 8.65. The van der Waals surface area contributed by atoms with Gasteiger partial charge in [0.25, 0.3) is 0 Å². The zero-order valence-corrected chi connectivity index (χ0v) is 15.0. The number of hydrogen-bond acceptors (Lipinski definition) is 2. The Morgan fingerprint density at radius 3 is 2.52 bits per heavy atom. The summed E-state index contributed by atoms with van der Waals surface area (Å²) >= 11 is 0. The van der Waals surface area contributed by atoms with Gasteiger partial charge < -0.3 is 10.2 Å². The zero-order valence-electron chi connectivity index (χ0n) is 15.0. The van der Waals surface area contributed by atoms with Gasteiger partial charge in [-0.15, -0.1) is 0 Å². The molecule has 0 bridgehead atoms. The number of benzene rings is 1. The van der Waals surface area contributed by atoms with E-state index >= 15 is 0 Å². The predicted molar refractivity (Wildman–Crippen MR) is 103 cm³/mol. The number of aryl methyl sites for hydroxylation is 1. The van der Waals surface area contributed by atoms with E-state index in [1.54, 1.807) is 0 Å². The second-order valence-corrected chi connectivity index (χ2v) is 6.03. The lowest BCUT2D eigenvalue weighted by Gasteiger charge is -2.23. The van der Waals surface area contributed by atoms with Gasteiger partial charge in [0.15, 0.2) is 0 Å². The van der Waals surface area contributed by atoms with Crippen molar-refractivity contribution >= 4 is 5.69 Å². The van der Waals surface area contributed by atoms with Crippen LogP contribution in [0.15, 0.2) is 61.6 Å². The molecular weight excluding hydrogens is 280 g/mol. The Labute approximate surface area is 142 Å². The molecule has 1 rings (SSSR count). The third kappa shape index (κ3) is 7.23. The van der Waals surface area contributed by atoms with Crippen LogP contribution in [0, 0.1) is 6.92 Å². The highest BCUT2D eigenvalue weighted by molar-refractivity contribution is 5.45. The molecule has 0 aliphatic rings. The van der Waals surface area contributed by atoms with Crippen molar-refractivity contribution in [1.82, 2.24) is 4.90 Å².